The van der Waals surface area contributed by atoms with Crippen molar-refractivity contribution in [2.45, 2.75) is 6.18 Å². The molecule has 0 heterocycles. The number of anilines is 1. The molecular formula is C14H10F3NS. The van der Waals surface area contributed by atoms with E-state index < -0.39 is 11.7 Å². The van der Waals surface area contributed by atoms with E-state index >= 15 is 0 Å². The first-order chi connectivity index (χ1) is 8.97. The number of benzene rings is 2. The average Bonchev–Trinajstić information content (AvgIpc) is 2.39. The summed E-state index contributed by atoms with van der Waals surface area (Å²) in [7, 11) is 0. The zero-order valence-corrected chi connectivity index (χ0v) is 10.6. The van der Waals surface area contributed by atoms with Crippen molar-refractivity contribution < 1.29 is 13.2 Å². The molecule has 0 aliphatic rings. The summed E-state index contributed by atoms with van der Waals surface area (Å²) in [5.41, 5.74) is 0.665. The second-order valence-electron chi connectivity index (χ2n) is 3.90. The van der Waals surface area contributed by atoms with Gasteiger partial charge in [-0.1, -0.05) is 42.5 Å². The summed E-state index contributed by atoms with van der Waals surface area (Å²) in [6.45, 7) is 0. The van der Waals surface area contributed by atoms with Gasteiger partial charge in [-0.3, -0.25) is 0 Å². The maximum absolute atomic E-state index is 12.4. The van der Waals surface area contributed by atoms with Crippen molar-refractivity contribution in [3.8, 4) is 0 Å². The van der Waals surface area contributed by atoms with E-state index in [0.29, 0.717) is 10.6 Å². The van der Waals surface area contributed by atoms with Crippen LogP contribution in [0.5, 0.6) is 0 Å². The Morgan fingerprint density at radius 1 is 0.895 bits per heavy atom. The summed E-state index contributed by atoms with van der Waals surface area (Å²) in [6, 6.07) is 14.0. The van der Waals surface area contributed by atoms with Crippen LogP contribution in [0.15, 0.2) is 54.6 Å². The van der Waals surface area contributed by atoms with Crippen LogP contribution in [0, 0.1) is 0 Å². The van der Waals surface area contributed by atoms with Gasteiger partial charge in [-0.25, -0.2) is 0 Å². The predicted octanol–water partition coefficient (Wildman–Crippen LogP) is 4.49. The van der Waals surface area contributed by atoms with Crippen molar-refractivity contribution in [1.82, 2.24) is 0 Å². The van der Waals surface area contributed by atoms with E-state index in [9.17, 15) is 13.2 Å². The van der Waals surface area contributed by atoms with Gasteiger partial charge in [0.2, 0.25) is 0 Å². The largest absolute Gasteiger partial charge is 0.416 e. The van der Waals surface area contributed by atoms with Crippen LogP contribution in [0.4, 0.5) is 18.9 Å². The van der Waals surface area contributed by atoms with Gasteiger partial charge in [-0.15, -0.1) is 0 Å². The smallest absolute Gasteiger partial charge is 0.346 e. The third-order valence-corrected chi connectivity index (χ3v) is 2.84. The normalized spacial score (nSPS) is 11.1. The maximum atomic E-state index is 12.4. The molecule has 19 heavy (non-hydrogen) atoms. The lowest BCUT2D eigenvalue weighted by atomic mass is 10.1. The Morgan fingerprint density at radius 3 is 2.00 bits per heavy atom. The van der Waals surface area contributed by atoms with Crippen molar-refractivity contribution >= 4 is 22.9 Å². The molecule has 98 valence electrons. The van der Waals surface area contributed by atoms with Crippen LogP contribution in [0.2, 0.25) is 0 Å². The minimum absolute atomic E-state index is 0.389. The number of hydrogen-bond donors (Lipinski definition) is 1. The van der Waals surface area contributed by atoms with Crippen LogP contribution in [0.1, 0.15) is 11.1 Å². The van der Waals surface area contributed by atoms with E-state index in [2.05, 4.69) is 5.32 Å². The van der Waals surface area contributed by atoms with Gasteiger partial charge in [0, 0.05) is 11.3 Å². The Kier molecular flexibility index (Phi) is 3.85. The van der Waals surface area contributed by atoms with E-state index in [1.165, 1.54) is 12.1 Å². The zero-order chi connectivity index (χ0) is 13.9. The topological polar surface area (TPSA) is 12.0 Å². The zero-order valence-electron chi connectivity index (χ0n) is 9.74. The first-order valence-corrected chi connectivity index (χ1v) is 5.91. The highest BCUT2D eigenvalue weighted by molar-refractivity contribution is 7.81. The molecule has 0 fully saturated rings. The van der Waals surface area contributed by atoms with E-state index in [4.69, 9.17) is 12.2 Å². The van der Waals surface area contributed by atoms with Crippen LogP contribution in [0.3, 0.4) is 0 Å². The molecule has 2 aromatic carbocycles. The number of halogens is 3. The first-order valence-electron chi connectivity index (χ1n) is 5.50. The molecule has 0 aliphatic carbocycles. The SMILES string of the molecule is FC(F)(F)c1ccc(C(=S)Nc2ccccc2)cc1. The van der Waals surface area contributed by atoms with Crippen LogP contribution in [-0.2, 0) is 6.18 Å². The van der Waals surface area contributed by atoms with Crippen molar-refractivity contribution in [2.75, 3.05) is 5.32 Å². The monoisotopic (exact) mass is 281 g/mol. The van der Waals surface area contributed by atoms with E-state index in [1.807, 2.05) is 30.3 Å². The summed E-state index contributed by atoms with van der Waals surface area (Å²) in [4.78, 5) is 0.389. The van der Waals surface area contributed by atoms with E-state index in [0.717, 1.165) is 17.8 Å². The average molecular weight is 281 g/mol. The van der Waals surface area contributed by atoms with Gasteiger partial charge >= 0.3 is 6.18 Å². The Morgan fingerprint density at radius 2 is 1.47 bits per heavy atom. The molecule has 0 amide bonds. The van der Waals surface area contributed by atoms with Crippen molar-refractivity contribution in [3.05, 3.63) is 65.7 Å². The van der Waals surface area contributed by atoms with Crippen LogP contribution < -0.4 is 5.32 Å². The fourth-order valence-electron chi connectivity index (χ4n) is 1.54. The fourth-order valence-corrected chi connectivity index (χ4v) is 1.79. The molecule has 0 atom stereocenters. The van der Waals surface area contributed by atoms with Crippen LogP contribution in [-0.4, -0.2) is 4.99 Å². The number of hydrogen-bond acceptors (Lipinski definition) is 1. The van der Waals surface area contributed by atoms with Gasteiger partial charge in [-0.2, -0.15) is 13.2 Å². The number of thiocarbonyl (C=S) groups is 1. The Labute approximate surface area is 114 Å². The molecule has 0 saturated carbocycles. The highest BCUT2D eigenvalue weighted by Gasteiger charge is 2.30. The molecule has 0 saturated heterocycles. The van der Waals surface area contributed by atoms with Gasteiger partial charge in [0.1, 0.15) is 4.99 Å². The molecule has 0 aromatic heterocycles. The standard InChI is InChI=1S/C14H10F3NS/c15-14(16,17)11-8-6-10(7-9-11)13(19)18-12-4-2-1-3-5-12/h1-9H,(H,18,19). The summed E-state index contributed by atoms with van der Waals surface area (Å²) >= 11 is 5.15. The van der Waals surface area contributed by atoms with Gasteiger partial charge in [-0.05, 0) is 24.3 Å². The Hall–Kier alpha value is -1.88. The Bertz CT molecular complexity index is 561. The highest BCUT2D eigenvalue weighted by atomic mass is 32.1. The number of para-hydroxylation sites is 1. The van der Waals surface area contributed by atoms with E-state index in [1.54, 1.807) is 0 Å². The van der Waals surface area contributed by atoms with Crippen LogP contribution >= 0.6 is 12.2 Å². The minimum Gasteiger partial charge on any atom is -0.346 e. The Balaban J connectivity index is 2.12. The molecule has 2 aromatic rings. The number of nitrogens with one attached hydrogen (secondary N) is 1. The molecule has 5 heteroatoms. The molecule has 0 radical (unpaired) electrons. The maximum Gasteiger partial charge on any atom is 0.416 e. The lowest BCUT2D eigenvalue weighted by molar-refractivity contribution is -0.137. The molecule has 1 nitrogen and oxygen atoms in total. The fraction of sp³-hybridized carbons (Fsp3) is 0.0714. The van der Waals surface area contributed by atoms with Gasteiger partial charge < -0.3 is 5.32 Å². The third-order valence-electron chi connectivity index (χ3n) is 2.51. The second-order valence-corrected chi connectivity index (χ2v) is 4.30. The van der Waals surface area contributed by atoms with Gasteiger partial charge in [0.15, 0.2) is 0 Å². The summed E-state index contributed by atoms with van der Waals surface area (Å²) < 4.78 is 37.3. The van der Waals surface area contributed by atoms with E-state index in [-0.39, 0.29) is 0 Å². The molecule has 0 aliphatic heterocycles. The summed E-state index contributed by atoms with van der Waals surface area (Å²) in [5, 5.41) is 2.97. The highest BCUT2D eigenvalue weighted by Crippen LogP contribution is 2.29. The second kappa shape index (κ2) is 5.40. The third kappa shape index (κ3) is 3.54. The minimum atomic E-state index is -4.33. The summed E-state index contributed by atoms with van der Waals surface area (Å²) in [5.74, 6) is 0. The molecular weight excluding hydrogens is 271 g/mol. The lowest BCUT2D eigenvalue weighted by Crippen LogP contribution is -2.11. The molecule has 0 bridgehead atoms. The van der Waals surface area contributed by atoms with Crippen LogP contribution in [0.25, 0.3) is 0 Å². The molecule has 2 rings (SSSR count). The predicted molar refractivity (Wildman–Crippen MR) is 73.2 cm³/mol. The van der Waals surface area contributed by atoms with Crippen molar-refractivity contribution in [3.63, 3.8) is 0 Å². The first kappa shape index (κ1) is 13.5. The van der Waals surface area contributed by atoms with Crippen molar-refractivity contribution in [2.24, 2.45) is 0 Å². The van der Waals surface area contributed by atoms with Gasteiger partial charge in [0.05, 0.1) is 5.56 Å². The molecule has 1 N–H and O–H groups in total. The van der Waals surface area contributed by atoms with Gasteiger partial charge in [0.25, 0.3) is 0 Å². The number of rotatable bonds is 2. The molecule has 0 spiro atoms. The summed E-state index contributed by atoms with van der Waals surface area (Å²) in [6.07, 6.45) is -4.33. The molecule has 0 unspecified atom stereocenters. The quantitative estimate of drug-likeness (QED) is 0.814. The van der Waals surface area contributed by atoms with Crippen molar-refractivity contribution in [1.29, 1.82) is 0 Å². The lowest BCUT2D eigenvalue weighted by Gasteiger charge is -2.10. The number of alkyl halides is 3.